The highest BCUT2D eigenvalue weighted by Gasteiger charge is 2.32. The van der Waals surface area contributed by atoms with Gasteiger partial charge in [-0.2, -0.15) is 0 Å². The van der Waals surface area contributed by atoms with E-state index in [4.69, 9.17) is 9.47 Å². The molecule has 1 saturated heterocycles. The Balaban J connectivity index is 2.56. The van der Waals surface area contributed by atoms with Crippen molar-refractivity contribution in [3.05, 3.63) is 0 Å². The molecule has 130 valence electrons. The van der Waals surface area contributed by atoms with Gasteiger partial charge < -0.3 is 24.8 Å². The molecule has 1 aliphatic heterocycles. The lowest BCUT2D eigenvalue weighted by Crippen LogP contribution is -2.52. The number of morpholine rings is 1. The summed E-state index contributed by atoms with van der Waals surface area (Å²) >= 11 is 0. The molecular formula is C16H32N2O4. The molecule has 0 saturated carbocycles. The van der Waals surface area contributed by atoms with E-state index in [1.807, 2.05) is 27.7 Å². The van der Waals surface area contributed by atoms with Crippen LogP contribution in [0.25, 0.3) is 0 Å². The molecule has 1 aliphatic rings. The van der Waals surface area contributed by atoms with Gasteiger partial charge in [0.1, 0.15) is 5.60 Å². The first-order valence-electron chi connectivity index (χ1n) is 8.01. The first kappa shape index (κ1) is 19.2. The largest absolute Gasteiger partial charge is 0.444 e. The number of carbonyl (C=O) groups excluding carboxylic acids is 1. The number of hydrogen-bond acceptors (Lipinski definition) is 5. The second-order valence-corrected chi connectivity index (χ2v) is 7.73. The minimum atomic E-state index is -0.748. The molecular weight excluding hydrogens is 284 g/mol. The van der Waals surface area contributed by atoms with E-state index in [0.29, 0.717) is 26.3 Å². The van der Waals surface area contributed by atoms with Crippen LogP contribution in [0.2, 0.25) is 0 Å². The predicted octanol–water partition coefficient (Wildman–Crippen LogP) is 1.76. The molecule has 0 radical (unpaired) electrons. The van der Waals surface area contributed by atoms with Crippen molar-refractivity contribution in [2.45, 2.75) is 71.2 Å². The topological polar surface area (TPSA) is 71.0 Å². The van der Waals surface area contributed by atoms with Crippen LogP contribution in [0.5, 0.6) is 0 Å². The maximum atomic E-state index is 12.3. The van der Waals surface area contributed by atoms with Gasteiger partial charge >= 0.3 is 6.09 Å². The van der Waals surface area contributed by atoms with Gasteiger partial charge in [0.15, 0.2) is 0 Å². The van der Waals surface area contributed by atoms with Gasteiger partial charge in [-0.15, -0.1) is 0 Å². The molecule has 0 aliphatic carbocycles. The molecule has 0 aromatic carbocycles. The number of aliphatic hydroxyl groups is 1. The zero-order valence-corrected chi connectivity index (χ0v) is 14.8. The summed E-state index contributed by atoms with van der Waals surface area (Å²) < 4.78 is 11.0. The molecule has 2 unspecified atom stereocenters. The van der Waals surface area contributed by atoms with E-state index in [1.165, 1.54) is 0 Å². The van der Waals surface area contributed by atoms with E-state index in [1.54, 1.807) is 18.7 Å². The molecule has 1 amide bonds. The van der Waals surface area contributed by atoms with Gasteiger partial charge in [-0.05, 0) is 48.0 Å². The first-order chi connectivity index (χ1) is 9.98. The Labute approximate surface area is 134 Å². The summed E-state index contributed by atoms with van der Waals surface area (Å²) in [5.41, 5.74) is -1.24. The number of nitrogens with zero attached hydrogens (tertiary/aromatic N) is 1. The lowest BCUT2D eigenvalue weighted by atomic mass is 10.0. The van der Waals surface area contributed by atoms with Crippen molar-refractivity contribution in [3.8, 4) is 0 Å². The van der Waals surface area contributed by atoms with E-state index in [9.17, 15) is 9.90 Å². The van der Waals surface area contributed by atoms with Crippen LogP contribution in [-0.4, -0.2) is 65.7 Å². The van der Waals surface area contributed by atoms with Gasteiger partial charge in [0, 0.05) is 19.1 Å². The second-order valence-electron chi connectivity index (χ2n) is 7.73. The lowest BCUT2D eigenvalue weighted by Gasteiger charge is -2.38. The summed E-state index contributed by atoms with van der Waals surface area (Å²) in [7, 11) is 0. The fourth-order valence-electron chi connectivity index (χ4n) is 2.33. The Morgan fingerprint density at radius 2 is 2.05 bits per heavy atom. The molecule has 6 heteroatoms. The molecule has 0 bridgehead atoms. The van der Waals surface area contributed by atoms with E-state index < -0.39 is 11.2 Å². The van der Waals surface area contributed by atoms with E-state index >= 15 is 0 Å². The minimum Gasteiger partial charge on any atom is -0.444 e. The van der Waals surface area contributed by atoms with Gasteiger partial charge in [0.2, 0.25) is 0 Å². The average molecular weight is 316 g/mol. The molecule has 2 N–H and O–H groups in total. The Hall–Kier alpha value is -0.850. The van der Waals surface area contributed by atoms with Crippen LogP contribution in [0, 0.1) is 0 Å². The number of nitrogens with one attached hydrogen (secondary N) is 1. The Morgan fingerprint density at radius 1 is 1.41 bits per heavy atom. The van der Waals surface area contributed by atoms with Crippen LogP contribution in [0.1, 0.15) is 48.0 Å². The summed E-state index contributed by atoms with van der Waals surface area (Å²) in [5, 5.41) is 13.1. The highest BCUT2D eigenvalue weighted by molar-refractivity contribution is 5.68. The van der Waals surface area contributed by atoms with Gasteiger partial charge in [0.05, 0.1) is 24.9 Å². The van der Waals surface area contributed by atoms with Crippen molar-refractivity contribution in [2.24, 2.45) is 0 Å². The SMILES string of the molecule is CC(CC1COCCN1C(=O)OC(C)(C)C)NCC(C)(C)O. The van der Waals surface area contributed by atoms with Gasteiger partial charge in [-0.25, -0.2) is 4.79 Å². The summed E-state index contributed by atoms with van der Waals surface area (Å²) in [5.74, 6) is 0. The van der Waals surface area contributed by atoms with Crippen molar-refractivity contribution >= 4 is 6.09 Å². The molecule has 1 rings (SSSR count). The van der Waals surface area contributed by atoms with Crippen molar-refractivity contribution in [1.82, 2.24) is 10.2 Å². The predicted molar refractivity (Wildman–Crippen MR) is 85.9 cm³/mol. The van der Waals surface area contributed by atoms with Crippen LogP contribution in [0.3, 0.4) is 0 Å². The van der Waals surface area contributed by atoms with E-state index in [0.717, 1.165) is 6.42 Å². The van der Waals surface area contributed by atoms with Crippen LogP contribution in [-0.2, 0) is 9.47 Å². The van der Waals surface area contributed by atoms with Crippen molar-refractivity contribution < 1.29 is 19.4 Å². The number of hydrogen-bond donors (Lipinski definition) is 2. The molecule has 0 spiro atoms. The van der Waals surface area contributed by atoms with Gasteiger partial charge in [0.25, 0.3) is 0 Å². The number of rotatable bonds is 5. The normalized spacial score (nSPS) is 21.6. The summed E-state index contributed by atoms with van der Waals surface area (Å²) in [6.07, 6.45) is 0.477. The maximum Gasteiger partial charge on any atom is 0.410 e. The maximum absolute atomic E-state index is 12.3. The van der Waals surface area contributed by atoms with E-state index in [-0.39, 0.29) is 18.2 Å². The van der Waals surface area contributed by atoms with E-state index in [2.05, 4.69) is 5.32 Å². The summed E-state index contributed by atoms with van der Waals surface area (Å²) in [4.78, 5) is 14.1. The zero-order chi connectivity index (χ0) is 17.0. The molecule has 6 nitrogen and oxygen atoms in total. The van der Waals surface area contributed by atoms with Crippen molar-refractivity contribution in [1.29, 1.82) is 0 Å². The smallest absolute Gasteiger partial charge is 0.410 e. The molecule has 0 aromatic rings. The Bertz CT molecular complexity index is 360. The fraction of sp³-hybridized carbons (Fsp3) is 0.938. The molecule has 1 heterocycles. The average Bonchev–Trinajstić information content (AvgIpc) is 2.34. The number of carbonyl (C=O) groups is 1. The summed E-state index contributed by atoms with van der Waals surface area (Å²) in [6.45, 7) is 13.3. The first-order valence-corrected chi connectivity index (χ1v) is 8.01. The highest BCUT2D eigenvalue weighted by Crippen LogP contribution is 2.17. The third-order valence-corrected chi connectivity index (χ3v) is 3.36. The number of amides is 1. The van der Waals surface area contributed by atoms with Crippen LogP contribution < -0.4 is 5.32 Å². The van der Waals surface area contributed by atoms with Crippen LogP contribution in [0.4, 0.5) is 4.79 Å². The molecule has 2 atom stereocenters. The minimum absolute atomic E-state index is 0.00657. The van der Waals surface area contributed by atoms with Crippen molar-refractivity contribution in [2.75, 3.05) is 26.3 Å². The molecule has 0 aromatic heterocycles. The fourth-order valence-corrected chi connectivity index (χ4v) is 2.33. The third kappa shape index (κ3) is 7.42. The van der Waals surface area contributed by atoms with Crippen LogP contribution >= 0.6 is 0 Å². The lowest BCUT2D eigenvalue weighted by molar-refractivity contribution is -0.0360. The summed E-state index contributed by atoms with van der Waals surface area (Å²) in [6, 6.07) is 0.163. The quantitative estimate of drug-likeness (QED) is 0.809. The second kappa shape index (κ2) is 7.62. The van der Waals surface area contributed by atoms with Gasteiger partial charge in [-0.1, -0.05) is 0 Å². The molecule has 1 fully saturated rings. The standard InChI is InChI=1S/C16H32N2O4/c1-12(17-11-16(5,6)20)9-13-10-21-8-7-18(13)14(19)22-15(2,3)4/h12-13,17,20H,7-11H2,1-6H3. The highest BCUT2D eigenvalue weighted by atomic mass is 16.6. The third-order valence-electron chi connectivity index (χ3n) is 3.36. The van der Waals surface area contributed by atoms with Crippen molar-refractivity contribution in [3.63, 3.8) is 0 Å². The molecule has 22 heavy (non-hydrogen) atoms. The number of ether oxygens (including phenoxy) is 2. The monoisotopic (exact) mass is 316 g/mol. The van der Waals surface area contributed by atoms with Gasteiger partial charge in [-0.3, -0.25) is 0 Å². The Morgan fingerprint density at radius 3 is 2.59 bits per heavy atom. The Kier molecular flexibility index (Phi) is 6.65. The zero-order valence-electron chi connectivity index (χ0n) is 14.8. The van der Waals surface area contributed by atoms with Crippen LogP contribution in [0.15, 0.2) is 0 Å².